The van der Waals surface area contributed by atoms with E-state index < -0.39 is 5.82 Å². The normalized spacial score (nSPS) is 12.2. The Hall–Kier alpha value is -1.46. The van der Waals surface area contributed by atoms with Gasteiger partial charge in [0.15, 0.2) is 11.6 Å². The highest BCUT2D eigenvalue weighted by atomic mass is 79.9. The zero-order valence-corrected chi connectivity index (χ0v) is 13.2. The van der Waals surface area contributed by atoms with Crippen LogP contribution in [-0.4, -0.2) is 6.04 Å². The molecule has 2 N–H and O–H groups in total. The quantitative estimate of drug-likeness (QED) is 0.872. The smallest absolute Gasteiger partial charge is 0.165 e. The molecule has 1 unspecified atom stereocenters. The van der Waals surface area contributed by atoms with Gasteiger partial charge < -0.3 is 10.5 Å². The summed E-state index contributed by atoms with van der Waals surface area (Å²) < 4.78 is 33.0. The molecule has 0 fully saturated rings. The summed E-state index contributed by atoms with van der Waals surface area (Å²) in [5.74, 6) is -0.594. The topological polar surface area (TPSA) is 35.2 Å². The van der Waals surface area contributed by atoms with Gasteiger partial charge in [-0.05, 0) is 43.2 Å². The molecule has 0 radical (unpaired) electrons. The highest BCUT2D eigenvalue weighted by Gasteiger charge is 2.08. The monoisotopic (exact) mass is 355 g/mol. The minimum Gasteiger partial charge on any atom is -0.486 e. The fourth-order valence-electron chi connectivity index (χ4n) is 1.95. The molecular weight excluding hydrogens is 340 g/mol. The van der Waals surface area contributed by atoms with Crippen molar-refractivity contribution >= 4 is 15.9 Å². The first-order valence-corrected chi connectivity index (χ1v) is 7.35. The van der Waals surface area contributed by atoms with Crippen LogP contribution in [0.5, 0.6) is 5.75 Å². The lowest BCUT2D eigenvalue weighted by atomic mass is 10.1. The van der Waals surface area contributed by atoms with Gasteiger partial charge in [-0.25, -0.2) is 8.78 Å². The van der Waals surface area contributed by atoms with E-state index in [0.29, 0.717) is 10.9 Å². The van der Waals surface area contributed by atoms with Crippen LogP contribution < -0.4 is 10.5 Å². The third kappa shape index (κ3) is 4.51. The minimum atomic E-state index is -0.425. The van der Waals surface area contributed by atoms with Gasteiger partial charge in [-0.2, -0.15) is 0 Å². The molecule has 0 spiro atoms. The van der Waals surface area contributed by atoms with E-state index in [1.807, 2.05) is 6.92 Å². The molecule has 2 aromatic rings. The molecule has 1 atom stereocenters. The maximum atomic E-state index is 13.9. The van der Waals surface area contributed by atoms with Crippen molar-refractivity contribution in [1.29, 1.82) is 0 Å². The van der Waals surface area contributed by atoms with Gasteiger partial charge in [0.1, 0.15) is 12.4 Å². The summed E-state index contributed by atoms with van der Waals surface area (Å²) in [7, 11) is 0. The van der Waals surface area contributed by atoms with E-state index in [1.54, 1.807) is 18.2 Å². The predicted octanol–water partition coefficient (Wildman–Crippen LogP) is 4.20. The van der Waals surface area contributed by atoms with Crippen LogP contribution in [0.1, 0.15) is 18.1 Å². The Labute approximate surface area is 131 Å². The number of hydrogen-bond acceptors (Lipinski definition) is 2. The van der Waals surface area contributed by atoms with Crippen molar-refractivity contribution in [2.24, 2.45) is 5.73 Å². The minimum absolute atomic E-state index is 0.0219. The fraction of sp³-hybridized carbons (Fsp3) is 0.250. The molecule has 0 aliphatic heterocycles. The van der Waals surface area contributed by atoms with Gasteiger partial charge in [0.25, 0.3) is 0 Å². The molecule has 0 heterocycles. The molecule has 112 valence electrons. The molecule has 0 saturated carbocycles. The average molecular weight is 356 g/mol. The number of rotatable bonds is 5. The summed E-state index contributed by atoms with van der Waals surface area (Å²) in [4.78, 5) is 0. The van der Waals surface area contributed by atoms with Gasteiger partial charge in [0, 0.05) is 16.1 Å². The zero-order chi connectivity index (χ0) is 15.4. The Balaban J connectivity index is 2.06. The summed E-state index contributed by atoms with van der Waals surface area (Å²) in [6.45, 7) is 2.03. The lowest BCUT2D eigenvalue weighted by Gasteiger charge is -2.11. The second kappa shape index (κ2) is 7.00. The van der Waals surface area contributed by atoms with Gasteiger partial charge >= 0.3 is 0 Å². The SMILES string of the molecule is CC(N)Cc1ccc(OCc2ccc(F)cc2Br)c(F)c1. The average Bonchev–Trinajstić information content (AvgIpc) is 2.39. The van der Waals surface area contributed by atoms with Crippen LogP contribution in [0.3, 0.4) is 0 Å². The van der Waals surface area contributed by atoms with E-state index in [0.717, 1.165) is 11.1 Å². The standard InChI is InChI=1S/C16H16BrF2NO/c1-10(20)6-11-2-5-16(15(19)7-11)21-9-12-3-4-13(18)8-14(12)17/h2-5,7-8,10H,6,9,20H2,1H3. The van der Waals surface area contributed by atoms with Gasteiger partial charge in [-0.1, -0.05) is 28.1 Å². The van der Waals surface area contributed by atoms with E-state index in [9.17, 15) is 8.78 Å². The number of nitrogens with two attached hydrogens (primary N) is 1. The Morgan fingerprint density at radius 3 is 2.57 bits per heavy atom. The molecule has 2 nitrogen and oxygen atoms in total. The molecule has 0 aliphatic rings. The number of ether oxygens (including phenoxy) is 1. The third-order valence-corrected chi connectivity index (χ3v) is 3.69. The van der Waals surface area contributed by atoms with Crippen molar-refractivity contribution in [3.63, 3.8) is 0 Å². The second-order valence-corrected chi connectivity index (χ2v) is 5.82. The molecule has 21 heavy (non-hydrogen) atoms. The van der Waals surface area contributed by atoms with Crippen LogP contribution >= 0.6 is 15.9 Å². The van der Waals surface area contributed by atoms with Crippen molar-refractivity contribution in [3.8, 4) is 5.75 Å². The van der Waals surface area contributed by atoms with E-state index >= 15 is 0 Å². The first kappa shape index (κ1) is 15.9. The van der Waals surface area contributed by atoms with Crippen LogP contribution in [0, 0.1) is 11.6 Å². The summed E-state index contributed by atoms with van der Waals surface area (Å²) >= 11 is 3.25. The second-order valence-electron chi connectivity index (χ2n) is 4.97. The van der Waals surface area contributed by atoms with Crippen LogP contribution in [0.15, 0.2) is 40.9 Å². The van der Waals surface area contributed by atoms with Gasteiger partial charge in [-0.15, -0.1) is 0 Å². The first-order valence-electron chi connectivity index (χ1n) is 6.56. The summed E-state index contributed by atoms with van der Waals surface area (Å²) in [5, 5.41) is 0. The predicted molar refractivity (Wildman–Crippen MR) is 82.2 cm³/mol. The van der Waals surface area contributed by atoms with Crippen LogP contribution in [0.25, 0.3) is 0 Å². The van der Waals surface area contributed by atoms with E-state index in [4.69, 9.17) is 10.5 Å². The molecule has 0 amide bonds. The van der Waals surface area contributed by atoms with Gasteiger partial charge in [-0.3, -0.25) is 0 Å². The zero-order valence-electron chi connectivity index (χ0n) is 11.6. The molecule has 0 aliphatic carbocycles. The molecule has 0 saturated heterocycles. The van der Waals surface area contributed by atoms with Crippen molar-refractivity contribution < 1.29 is 13.5 Å². The van der Waals surface area contributed by atoms with Crippen molar-refractivity contribution in [3.05, 3.63) is 63.6 Å². The Bertz CT molecular complexity index is 632. The van der Waals surface area contributed by atoms with Crippen LogP contribution in [0.4, 0.5) is 8.78 Å². The highest BCUT2D eigenvalue weighted by Crippen LogP contribution is 2.23. The van der Waals surface area contributed by atoms with Gasteiger partial charge in [0.05, 0.1) is 0 Å². The van der Waals surface area contributed by atoms with E-state index in [-0.39, 0.29) is 24.2 Å². The van der Waals surface area contributed by atoms with Crippen molar-refractivity contribution in [2.75, 3.05) is 0 Å². The molecule has 2 aromatic carbocycles. The summed E-state index contributed by atoms with van der Waals surface area (Å²) in [6, 6.07) is 9.07. The Kier molecular flexibility index (Phi) is 5.31. The van der Waals surface area contributed by atoms with Crippen molar-refractivity contribution in [1.82, 2.24) is 0 Å². The first-order chi connectivity index (χ1) is 9.95. The molecule has 5 heteroatoms. The molecule has 2 rings (SSSR count). The van der Waals surface area contributed by atoms with Gasteiger partial charge in [0.2, 0.25) is 0 Å². The van der Waals surface area contributed by atoms with E-state index in [1.165, 1.54) is 18.2 Å². The Morgan fingerprint density at radius 2 is 1.95 bits per heavy atom. The lowest BCUT2D eigenvalue weighted by Crippen LogP contribution is -2.17. The third-order valence-electron chi connectivity index (χ3n) is 2.95. The number of benzene rings is 2. The summed E-state index contributed by atoms with van der Waals surface area (Å²) in [5.41, 5.74) is 7.26. The number of hydrogen-bond donors (Lipinski definition) is 1. The lowest BCUT2D eigenvalue weighted by molar-refractivity contribution is 0.289. The van der Waals surface area contributed by atoms with Crippen LogP contribution in [-0.2, 0) is 13.0 Å². The van der Waals surface area contributed by atoms with Crippen LogP contribution in [0.2, 0.25) is 0 Å². The molecule has 0 bridgehead atoms. The largest absolute Gasteiger partial charge is 0.486 e. The summed E-state index contributed by atoms with van der Waals surface area (Å²) in [6.07, 6.45) is 0.612. The Morgan fingerprint density at radius 1 is 1.19 bits per heavy atom. The fourth-order valence-corrected chi connectivity index (χ4v) is 2.42. The van der Waals surface area contributed by atoms with E-state index in [2.05, 4.69) is 15.9 Å². The number of halogens is 3. The maximum absolute atomic E-state index is 13.9. The maximum Gasteiger partial charge on any atom is 0.165 e. The van der Waals surface area contributed by atoms with Crippen molar-refractivity contribution in [2.45, 2.75) is 26.0 Å². The molecular formula is C16H16BrF2NO. The highest BCUT2D eigenvalue weighted by molar-refractivity contribution is 9.10. The molecule has 0 aromatic heterocycles.